The average Bonchev–Trinajstić information content (AvgIpc) is 2.70. The Labute approximate surface area is 88.3 Å². The van der Waals surface area contributed by atoms with Gasteiger partial charge in [0.15, 0.2) is 0 Å². The normalized spacial score (nSPS) is 25.1. The van der Waals surface area contributed by atoms with E-state index in [1.807, 2.05) is 0 Å². The summed E-state index contributed by atoms with van der Waals surface area (Å²) in [5, 5.41) is 8.92. The predicted molar refractivity (Wildman–Crippen MR) is 53.6 cm³/mol. The number of hydrogen-bond acceptors (Lipinski definition) is 2. The van der Waals surface area contributed by atoms with Crippen molar-refractivity contribution in [2.24, 2.45) is 5.92 Å². The Balaban J connectivity index is 2.30. The molecule has 0 amide bonds. The van der Waals surface area contributed by atoms with Gasteiger partial charge in [0.05, 0.1) is 18.1 Å². The van der Waals surface area contributed by atoms with Crippen LogP contribution in [-0.2, 0) is 4.74 Å². The lowest BCUT2D eigenvalue weighted by atomic mass is 9.95. The second-order valence-electron chi connectivity index (χ2n) is 3.82. The van der Waals surface area contributed by atoms with Crippen molar-refractivity contribution in [2.75, 3.05) is 6.61 Å². The van der Waals surface area contributed by atoms with Crippen molar-refractivity contribution < 1.29 is 9.13 Å². The third-order valence-corrected chi connectivity index (χ3v) is 2.77. The molecule has 0 N–H and O–H groups in total. The van der Waals surface area contributed by atoms with Gasteiger partial charge in [-0.2, -0.15) is 5.26 Å². The molecular formula is C12H12FNO. The van der Waals surface area contributed by atoms with Crippen LogP contribution in [-0.4, -0.2) is 6.61 Å². The van der Waals surface area contributed by atoms with Crippen molar-refractivity contribution in [3.63, 3.8) is 0 Å². The summed E-state index contributed by atoms with van der Waals surface area (Å²) >= 11 is 0. The van der Waals surface area contributed by atoms with Gasteiger partial charge >= 0.3 is 0 Å². The van der Waals surface area contributed by atoms with E-state index < -0.39 is 0 Å². The Morgan fingerprint density at radius 3 is 3.00 bits per heavy atom. The smallest absolute Gasteiger partial charge is 0.126 e. The third-order valence-electron chi connectivity index (χ3n) is 2.77. The van der Waals surface area contributed by atoms with Gasteiger partial charge < -0.3 is 4.74 Å². The van der Waals surface area contributed by atoms with E-state index in [1.165, 1.54) is 6.07 Å². The number of aryl methyl sites for hydroxylation is 1. The number of ether oxygens (including phenoxy) is 1. The van der Waals surface area contributed by atoms with E-state index in [4.69, 9.17) is 10.00 Å². The fourth-order valence-electron chi connectivity index (χ4n) is 1.90. The summed E-state index contributed by atoms with van der Waals surface area (Å²) in [7, 11) is 0. The van der Waals surface area contributed by atoms with E-state index in [-0.39, 0.29) is 17.8 Å². The van der Waals surface area contributed by atoms with Crippen LogP contribution in [0, 0.1) is 30.0 Å². The van der Waals surface area contributed by atoms with Gasteiger partial charge in [-0.1, -0.05) is 12.1 Å². The number of rotatable bonds is 1. The number of nitrogens with zero attached hydrogens (tertiary/aromatic N) is 1. The van der Waals surface area contributed by atoms with Crippen LogP contribution in [0.4, 0.5) is 4.39 Å². The molecule has 78 valence electrons. The molecule has 0 spiro atoms. The lowest BCUT2D eigenvalue weighted by molar-refractivity contribution is 0.101. The number of halogens is 1. The Hall–Kier alpha value is -1.40. The van der Waals surface area contributed by atoms with Crippen LogP contribution in [0.3, 0.4) is 0 Å². The van der Waals surface area contributed by atoms with Gasteiger partial charge in [-0.05, 0) is 30.5 Å². The molecule has 2 unspecified atom stereocenters. The molecule has 1 fully saturated rings. The first-order valence-corrected chi connectivity index (χ1v) is 4.99. The summed E-state index contributed by atoms with van der Waals surface area (Å²) in [5.41, 5.74) is 1.50. The van der Waals surface area contributed by atoms with Gasteiger partial charge in [0.1, 0.15) is 5.82 Å². The molecule has 0 aromatic heterocycles. The van der Waals surface area contributed by atoms with Crippen molar-refractivity contribution in [1.29, 1.82) is 5.26 Å². The summed E-state index contributed by atoms with van der Waals surface area (Å²) in [6.45, 7) is 2.33. The highest BCUT2D eigenvalue weighted by atomic mass is 19.1. The summed E-state index contributed by atoms with van der Waals surface area (Å²) in [5.74, 6) is -0.319. The van der Waals surface area contributed by atoms with E-state index in [0.717, 1.165) is 12.0 Å². The third kappa shape index (κ3) is 1.86. The molecule has 0 radical (unpaired) electrons. The summed E-state index contributed by atoms with van der Waals surface area (Å²) in [6, 6.07) is 7.12. The van der Waals surface area contributed by atoms with Gasteiger partial charge in [0.2, 0.25) is 0 Å². The second kappa shape index (κ2) is 4.00. The van der Waals surface area contributed by atoms with Crippen LogP contribution in [0.15, 0.2) is 18.2 Å². The number of nitriles is 1. The monoisotopic (exact) mass is 205 g/mol. The minimum atomic E-state index is -0.217. The maximum atomic E-state index is 13.1. The molecule has 3 heteroatoms. The minimum absolute atomic E-state index is 0.102. The highest BCUT2D eigenvalue weighted by Gasteiger charge is 2.29. The molecular weight excluding hydrogens is 193 g/mol. The van der Waals surface area contributed by atoms with Gasteiger partial charge in [-0.3, -0.25) is 0 Å². The van der Waals surface area contributed by atoms with E-state index in [1.54, 1.807) is 19.1 Å². The van der Waals surface area contributed by atoms with Crippen LogP contribution < -0.4 is 0 Å². The molecule has 0 aliphatic carbocycles. The molecule has 1 aromatic rings. The lowest BCUT2D eigenvalue weighted by Crippen LogP contribution is -2.05. The highest BCUT2D eigenvalue weighted by molar-refractivity contribution is 5.27. The molecule has 1 aliphatic heterocycles. The van der Waals surface area contributed by atoms with E-state index >= 15 is 0 Å². The Bertz CT molecular complexity index is 411. The fraction of sp³-hybridized carbons (Fsp3) is 0.417. The Morgan fingerprint density at radius 2 is 2.33 bits per heavy atom. The molecule has 0 saturated carbocycles. The SMILES string of the molecule is Cc1cc(C2OCCC2C#N)ccc1F. The molecule has 0 bridgehead atoms. The minimum Gasteiger partial charge on any atom is -0.372 e. The number of benzene rings is 1. The second-order valence-corrected chi connectivity index (χ2v) is 3.82. The Morgan fingerprint density at radius 1 is 1.53 bits per heavy atom. The van der Waals surface area contributed by atoms with Gasteiger partial charge in [-0.15, -0.1) is 0 Å². The van der Waals surface area contributed by atoms with Crippen LogP contribution in [0.2, 0.25) is 0 Å². The van der Waals surface area contributed by atoms with Crippen molar-refractivity contribution in [3.8, 4) is 6.07 Å². The topological polar surface area (TPSA) is 33.0 Å². The lowest BCUT2D eigenvalue weighted by Gasteiger charge is -2.13. The quantitative estimate of drug-likeness (QED) is 0.706. The molecule has 15 heavy (non-hydrogen) atoms. The first-order chi connectivity index (χ1) is 7.22. The molecule has 1 aromatic carbocycles. The molecule has 2 atom stereocenters. The molecule has 1 heterocycles. The van der Waals surface area contributed by atoms with E-state index in [9.17, 15) is 4.39 Å². The van der Waals surface area contributed by atoms with E-state index in [2.05, 4.69) is 6.07 Å². The molecule has 2 rings (SSSR count). The maximum Gasteiger partial charge on any atom is 0.126 e. The number of hydrogen-bond donors (Lipinski definition) is 0. The van der Waals surface area contributed by atoms with Gasteiger partial charge in [0, 0.05) is 6.61 Å². The first-order valence-electron chi connectivity index (χ1n) is 4.99. The van der Waals surface area contributed by atoms with Crippen LogP contribution in [0.1, 0.15) is 23.7 Å². The van der Waals surface area contributed by atoms with Crippen LogP contribution >= 0.6 is 0 Å². The highest BCUT2D eigenvalue weighted by Crippen LogP contribution is 2.34. The largest absolute Gasteiger partial charge is 0.372 e. The molecule has 1 aliphatic rings. The van der Waals surface area contributed by atoms with Crippen LogP contribution in [0.5, 0.6) is 0 Å². The standard InChI is InChI=1S/C12H12FNO/c1-8-6-9(2-3-11(8)13)12-10(7-14)4-5-15-12/h2-3,6,10,12H,4-5H2,1H3. The van der Waals surface area contributed by atoms with Crippen molar-refractivity contribution in [2.45, 2.75) is 19.4 Å². The van der Waals surface area contributed by atoms with Crippen molar-refractivity contribution in [3.05, 3.63) is 35.1 Å². The van der Waals surface area contributed by atoms with Gasteiger partial charge in [0.25, 0.3) is 0 Å². The molecule has 1 saturated heterocycles. The summed E-state index contributed by atoms with van der Waals surface area (Å²) in [4.78, 5) is 0. The zero-order valence-corrected chi connectivity index (χ0v) is 8.53. The summed E-state index contributed by atoms with van der Waals surface area (Å²) in [6.07, 6.45) is 0.576. The average molecular weight is 205 g/mol. The zero-order valence-electron chi connectivity index (χ0n) is 8.53. The maximum absolute atomic E-state index is 13.1. The van der Waals surface area contributed by atoms with Crippen LogP contribution in [0.25, 0.3) is 0 Å². The first kappa shape index (κ1) is 10.1. The zero-order chi connectivity index (χ0) is 10.8. The fourth-order valence-corrected chi connectivity index (χ4v) is 1.90. The van der Waals surface area contributed by atoms with Crippen molar-refractivity contribution >= 4 is 0 Å². The predicted octanol–water partition coefficient (Wildman–Crippen LogP) is 2.74. The van der Waals surface area contributed by atoms with Gasteiger partial charge in [-0.25, -0.2) is 4.39 Å². The van der Waals surface area contributed by atoms with E-state index in [0.29, 0.717) is 12.2 Å². The van der Waals surface area contributed by atoms with Crippen molar-refractivity contribution in [1.82, 2.24) is 0 Å². The summed E-state index contributed by atoms with van der Waals surface area (Å²) < 4.78 is 18.6. The Kier molecular flexibility index (Phi) is 2.70. The molecule has 2 nitrogen and oxygen atoms in total.